The van der Waals surface area contributed by atoms with E-state index in [0.717, 1.165) is 46.5 Å². The highest BCUT2D eigenvalue weighted by Gasteiger charge is 2.26. The minimum absolute atomic E-state index is 0.0612. The molecule has 1 atom stereocenters. The van der Waals surface area contributed by atoms with Crippen molar-refractivity contribution < 1.29 is 14.3 Å². The molecule has 2 amide bonds. The maximum absolute atomic E-state index is 12.5. The molecule has 0 fully saturated rings. The molecule has 7 heteroatoms. The molecule has 6 nitrogen and oxygen atoms in total. The van der Waals surface area contributed by atoms with Crippen molar-refractivity contribution in [2.24, 2.45) is 5.92 Å². The Balaban J connectivity index is 1.28. The molecule has 3 aromatic rings. The Morgan fingerprint density at radius 1 is 1.18 bits per heavy atom. The fourth-order valence-corrected chi connectivity index (χ4v) is 5.39. The third-order valence-electron chi connectivity index (χ3n) is 5.86. The van der Waals surface area contributed by atoms with Crippen molar-refractivity contribution in [2.45, 2.75) is 38.6 Å². The fraction of sp³-hybridized carbons (Fsp3) is 0.296. The minimum Gasteiger partial charge on any atom is -0.449 e. The number of pyridine rings is 1. The first-order valence-electron chi connectivity index (χ1n) is 11.4. The van der Waals surface area contributed by atoms with Crippen LogP contribution >= 0.6 is 11.3 Å². The summed E-state index contributed by atoms with van der Waals surface area (Å²) < 4.78 is 5.46. The Morgan fingerprint density at radius 3 is 2.76 bits per heavy atom. The zero-order valence-electron chi connectivity index (χ0n) is 18.9. The number of benzene rings is 1. The highest BCUT2D eigenvalue weighted by atomic mass is 32.1. The van der Waals surface area contributed by atoms with Crippen molar-refractivity contribution in [2.75, 3.05) is 11.9 Å². The molecule has 1 unspecified atom stereocenters. The van der Waals surface area contributed by atoms with Gasteiger partial charge in [-0.15, -0.1) is 17.8 Å². The van der Waals surface area contributed by atoms with Gasteiger partial charge in [-0.1, -0.05) is 42.3 Å². The summed E-state index contributed by atoms with van der Waals surface area (Å²) in [4.78, 5) is 29.9. The fourth-order valence-electron chi connectivity index (χ4n) is 4.04. The molecular weight excluding hydrogens is 446 g/mol. The van der Waals surface area contributed by atoms with E-state index in [0.29, 0.717) is 26.0 Å². The van der Waals surface area contributed by atoms with Gasteiger partial charge in [0.25, 0.3) is 0 Å². The molecule has 4 rings (SSSR count). The smallest absolute Gasteiger partial charge is 0.407 e. The summed E-state index contributed by atoms with van der Waals surface area (Å²) in [7, 11) is 0. The lowest BCUT2D eigenvalue weighted by molar-refractivity contribution is -0.116. The predicted molar refractivity (Wildman–Crippen MR) is 134 cm³/mol. The molecule has 2 N–H and O–H groups in total. The molecule has 34 heavy (non-hydrogen) atoms. The number of aryl methyl sites for hydroxylation is 1. The van der Waals surface area contributed by atoms with Crippen molar-refractivity contribution in [3.05, 3.63) is 82.0 Å². The van der Waals surface area contributed by atoms with Gasteiger partial charge in [-0.05, 0) is 54.4 Å². The second-order valence-corrected chi connectivity index (χ2v) is 9.41. The Hall–Kier alpha value is -3.63. The van der Waals surface area contributed by atoms with Gasteiger partial charge < -0.3 is 15.4 Å². The van der Waals surface area contributed by atoms with Gasteiger partial charge in [-0.2, -0.15) is 0 Å². The average Bonchev–Trinajstić information content (AvgIpc) is 3.22. The molecule has 1 aliphatic carbocycles. The number of carbonyl (C=O) groups is 2. The van der Waals surface area contributed by atoms with Gasteiger partial charge in [0.05, 0.1) is 12.2 Å². The van der Waals surface area contributed by atoms with Gasteiger partial charge in [0, 0.05) is 30.2 Å². The average molecular weight is 474 g/mol. The first kappa shape index (κ1) is 23.5. The minimum atomic E-state index is -0.410. The number of terminal acetylenes is 1. The lowest BCUT2D eigenvalue weighted by Gasteiger charge is -2.22. The molecule has 0 spiro atoms. The second kappa shape index (κ2) is 11.5. The van der Waals surface area contributed by atoms with Crippen LogP contribution in [0.5, 0.6) is 0 Å². The van der Waals surface area contributed by atoms with E-state index in [9.17, 15) is 9.59 Å². The number of amides is 2. The summed E-state index contributed by atoms with van der Waals surface area (Å²) in [5.41, 5.74) is 3.97. The summed E-state index contributed by atoms with van der Waals surface area (Å²) in [6.07, 6.45) is 12.4. The monoisotopic (exact) mass is 473 g/mol. The number of carbonyl (C=O) groups excluding carboxylic acids is 2. The van der Waals surface area contributed by atoms with Crippen LogP contribution in [0.25, 0.3) is 0 Å². The lowest BCUT2D eigenvalue weighted by Crippen LogP contribution is -2.27. The SMILES string of the molecule is C#Cc1c(NC(=O)CCc2cccnc2)sc2c1CCC(COC(=O)NCc1ccccc1)C2. The molecule has 1 aliphatic rings. The Morgan fingerprint density at radius 2 is 2.00 bits per heavy atom. The number of nitrogens with one attached hydrogen (secondary N) is 2. The highest BCUT2D eigenvalue weighted by molar-refractivity contribution is 7.16. The maximum atomic E-state index is 12.5. The summed E-state index contributed by atoms with van der Waals surface area (Å²) >= 11 is 1.54. The van der Waals surface area contributed by atoms with Gasteiger partial charge >= 0.3 is 6.09 Å². The highest BCUT2D eigenvalue weighted by Crippen LogP contribution is 2.39. The number of hydrogen-bond acceptors (Lipinski definition) is 5. The first-order chi connectivity index (χ1) is 16.6. The van der Waals surface area contributed by atoms with E-state index in [4.69, 9.17) is 11.2 Å². The number of hydrogen-bond donors (Lipinski definition) is 2. The van der Waals surface area contributed by atoms with Crippen LogP contribution in [0.4, 0.5) is 9.80 Å². The molecule has 174 valence electrons. The van der Waals surface area contributed by atoms with Crippen molar-refractivity contribution in [1.29, 1.82) is 0 Å². The molecule has 1 aromatic carbocycles. The molecule has 0 aliphatic heterocycles. The van der Waals surface area contributed by atoms with Crippen LogP contribution in [-0.4, -0.2) is 23.6 Å². The van der Waals surface area contributed by atoms with Crippen molar-refractivity contribution in [3.8, 4) is 12.3 Å². The quantitative estimate of drug-likeness (QED) is 0.464. The predicted octanol–water partition coefficient (Wildman–Crippen LogP) is 4.73. The van der Waals surface area contributed by atoms with Gasteiger partial charge in [0.2, 0.25) is 5.91 Å². The van der Waals surface area contributed by atoms with Crippen LogP contribution in [0.1, 0.15) is 40.0 Å². The molecule has 0 bridgehead atoms. The van der Waals surface area contributed by atoms with E-state index in [2.05, 4.69) is 21.5 Å². The number of aromatic nitrogens is 1. The number of rotatable bonds is 8. The molecule has 0 saturated heterocycles. The number of ether oxygens (including phenoxy) is 1. The van der Waals surface area contributed by atoms with E-state index < -0.39 is 6.09 Å². The van der Waals surface area contributed by atoms with Crippen molar-refractivity contribution in [3.63, 3.8) is 0 Å². The second-order valence-electron chi connectivity index (χ2n) is 8.31. The van der Waals surface area contributed by atoms with Crippen LogP contribution < -0.4 is 10.6 Å². The summed E-state index contributed by atoms with van der Waals surface area (Å²) in [6, 6.07) is 13.5. The number of nitrogens with zero attached hydrogens (tertiary/aromatic N) is 1. The van der Waals surface area contributed by atoms with Crippen LogP contribution in [0.15, 0.2) is 54.9 Å². The van der Waals surface area contributed by atoms with Crippen LogP contribution in [0.3, 0.4) is 0 Å². The lowest BCUT2D eigenvalue weighted by atomic mass is 9.87. The summed E-state index contributed by atoms with van der Waals surface area (Å²) in [5, 5.41) is 6.54. The van der Waals surface area contributed by atoms with Crippen LogP contribution in [-0.2, 0) is 35.3 Å². The number of anilines is 1. The van der Waals surface area contributed by atoms with E-state index in [1.165, 1.54) is 16.2 Å². The zero-order chi connectivity index (χ0) is 23.8. The number of alkyl carbamates (subject to hydrolysis) is 1. The Bertz CT molecular complexity index is 1170. The summed E-state index contributed by atoms with van der Waals surface area (Å²) in [6.45, 7) is 0.797. The maximum Gasteiger partial charge on any atom is 0.407 e. The van der Waals surface area contributed by atoms with Crippen molar-refractivity contribution in [1.82, 2.24) is 10.3 Å². The normalized spacial score (nSPS) is 14.5. The number of fused-ring (bicyclic) bond motifs is 1. The van der Waals surface area contributed by atoms with E-state index >= 15 is 0 Å². The molecule has 2 aromatic heterocycles. The number of thiophene rings is 1. The topological polar surface area (TPSA) is 80.3 Å². The Kier molecular flexibility index (Phi) is 7.95. The van der Waals surface area contributed by atoms with Gasteiger partial charge in [0.15, 0.2) is 0 Å². The van der Waals surface area contributed by atoms with E-state index in [1.54, 1.807) is 12.4 Å². The van der Waals surface area contributed by atoms with Gasteiger partial charge in [0.1, 0.15) is 5.00 Å². The van der Waals surface area contributed by atoms with Gasteiger partial charge in [-0.3, -0.25) is 9.78 Å². The standard InChI is InChI=1S/C27H27N3O3S/c1-2-22-23-12-10-21(18-33-27(32)29-17-19-7-4-3-5-8-19)15-24(23)34-26(22)30-25(31)13-11-20-9-6-14-28-16-20/h1,3-9,14,16,21H,10-13,15,17-18H2,(H,29,32)(H,30,31). The van der Waals surface area contributed by atoms with Crippen LogP contribution in [0.2, 0.25) is 0 Å². The third kappa shape index (κ3) is 6.24. The van der Waals surface area contributed by atoms with Crippen molar-refractivity contribution >= 4 is 28.3 Å². The van der Waals surface area contributed by atoms with E-state index in [1.807, 2.05) is 42.5 Å². The largest absolute Gasteiger partial charge is 0.449 e. The van der Waals surface area contributed by atoms with Gasteiger partial charge in [-0.25, -0.2) is 4.79 Å². The molecular formula is C27H27N3O3S. The third-order valence-corrected chi connectivity index (χ3v) is 7.03. The summed E-state index contributed by atoms with van der Waals surface area (Å²) in [5.74, 6) is 2.94. The molecule has 2 heterocycles. The zero-order valence-corrected chi connectivity index (χ0v) is 19.7. The van der Waals surface area contributed by atoms with E-state index in [-0.39, 0.29) is 11.8 Å². The first-order valence-corrected chi connectivity index (χ1v) is 12.2. The van der Waals surface area contributed by atoms with Crippen LogP contribution in [0, 0.1) is 18.3 Å². The Labute approximate surface area is 203 Å². The molecule has 0 radical (unpaired) electrons. The molecule has 0 saturated carbocycles.